The summed E-state index contributed by atoms with van der Waals surface area (Å²) in [5, 5.41) is 2.83. The first-order valence-corrected chi connectivity index (χ1v) is 5.96. The molecule has 1 N–H and O–H groups in total. The van der Waals surface area contributed by atoms with Crippen molar-refractivity contribution < 1.29 is 19.1 Å². The Bertz CT molecular complexity index is 360. The monoisotopic (exact) mass is 256 g/mol. The number of carbonyl (C=O) groups excluding carboxylic acids is 3. The largest absolute Gasteiger partial charge is 0.459 e. The summed E-state index contributed by atoms with van der Waals surface area (Å²) in [6.45, 7) is 5.31. The zero-order chi connectivity index (χ0) is 13.9. The van der Waals surface area contributed by atoms with Crippen LogP contribution in [0.15, 0.2) is 0 Å². The number of esters is 1. The highest BCUT2D eigenvalue weighted by Crippen LogP contribution is 2.11. The van der Waals surface area contributed by atoms with Gasteiger partial charge in [-0.3, -0.25) is 24.6 Å². The minimum Gasteiger partial charge on any atom is -0.459 e. The summed E-state index contributed by atoms with van der Waals surface area (Å²) < 4.78 is 5.12. The Morgan fingerprint density at radius 1 is 1.44 bits per heavy atom. The van der Waals surface area contributed by atoms with Crippen LogP contribution in [0.3, 0.4) is 0 Å². The summed E-state index contributed by atoms with van der Waals surface area (Å²) in [6, 6.07) is -0.486. The van der Waals surface area contributed by atoms with E-state index in [9.17, 15) is 14.4 Å². The Hall–Kier alpha value is -1.43. The predicted molar refractivity (Wildman–Crippen MR) is 64.6 cm³/mol. The number of hydrogen-bond acceptors (Lipinski definition) is 5. The lowest BCUT2D eigenvalue weighted by molar-refractivity contribution is -0.154. The Morgan fingerprint density at radius 3 is 2.61 bits per heavy atom. The van der Waals surface area contributed by atoms with Crippen LogP contribution in [0.25, 0.3) is 0 Å². The van der Waals surface area contributed by atoms with Crippen LogP contribution in [0.4, 0.5) is 0 Å². The number of carbonyl (C=O) groups is 3. The van der Waals surface area contributed by atoms with E-state index in [1.807, 2.05) is 0 Å². The quantitative estimate of drug-likeness (QED) is 0.571. The van der Waals surface area contributed by atoms with Crippen molar-refractivity contribution in [3.8, 4) is 0 Å². The van der Waals surface area contributed by atoms with Crippen molar-refractivity contribution in [3.63, 3.8) is 0 Å². The molecule has 1 aliphatic heterocycles. The van der Waals surface area contributed by atoms with E-state index < -0.39 is 17.6 Å². The van der Waals surface area contributed by atoms with Gasteiger partial charge in [-0.15, -0.1) is 0 Å². The normalized spacial score (nSPS) is 21.1. The molecule has 0 aromatic rings. The minimum atomic E-state index is -0.540. The van der Waals surface area contributed by atoms with Crippen LogP contribution in [-0.2, 0) is 19.1 Å². The SMILES string of the molecule is CN1C(=O)CCC(NCC(=O)OC(C)(C)C)C1=O. The first kappa shape index (κ1) is 14.6. The lowest BCUT2D eigenvalue weighted by atomic mass is 10.0. The summed E-state index contributed by atoms with van der Waals surface area (Å²) in [5.74, 6) is -0.889. The summed E-state index contributed by atoms with van der Waals surface area (Å²) in [6.07, 6.45) is 0.735. The lowest BCUT2D eigenvalue weighted by Crippen LogP contribution is -2.52. The number of hydrogen-bond donors (Lipinski definition) is 1. The summed E-state index contributed by atoms with van der Waals surface area (Å²) in [7, 11) is 1.45. The standard InChI is InChI=1S/C12H20N2O4/c1-12(2,3)18-10(16)7-13-8-5-6-9(15)14(4)11(8)17/h8,13H,5-7H2,1-4H3. The highest BCUT2D eigenvalue weighted by Gasteiger charge is 2.31. The molecule has 0 aromatic carbocycles. The van der Waals surface area contributed by atoms with Gasteiger partial charge in [-0.1, -0.05) is 0 Å². The number of likely N-dealkylation sites (N-methyl/N-ethyl adjacent to an activating group) is 1. The van der Waals surface area contributed by atoms with Crippen LogP contribution in [0.2, 0.25) is 0 Å². The highest BCUT2D eigenvalue weighted by atomic mass is 16.6. The predicted octanol–water partition coefficient (Wildman–Crippen LogP) is 0.0651. The molecular formula is C12H20N2O4. The molecule has 102 valence electrons. The van der Waals surface area contributed by atoms with Gasteiger partial charge >= 0.3 is 5.97 Å². The van der Waals surface area contributed by atoms with Crippen molar-refractivity contribution in [1.29, 1.82) is 0 Å². The van der Waals surface area contributed by atoms with Gasteiger partial charge < -0.3 is 4.74 Å². The van der Waals surface area contributed by atoms with Gasteiger partial charge in [-0.2, -0.15) is 0 Å². The van der Waals surface area contributed by atoms with E-state index in [-0.39, 0.29) is 18.4 Å². The molecule has 0 bridgehead atoms. The Kier molecular flexibility index (Phi) is 4.45. The maximum Gasteiger partial charge on any atom is 0.320 e. The van der Waals surface area contributed by atoms with Gasteiger partial charge in [0.15, 0.2) is 0 Å². The summed E-state index contributed by atoms with van der Waals surface area (Å²) >= 11 is 0. The van der Waals surface area contributed by atoms with Crippen LogP contribution < -0.4 is 5.32 Å². The number of imide groups is 1. The van der Waals surface area contributed by atoms with Crippen molar-refractivity contribution in [3.05, 3.63) is 0 Å². The third-order valence-corrected chi connectivity index (χ3v) is 2.56. The Balaban J connectivity index is 2.42. The van der Waals surface area contributed by atoms with E-state index >= 15 is 0 Å². The van der Waals surface area contributed by atoms with Gasteiger partial charge in [0, 0.05) is 13.5 Å². The van der Waals surface area contributed by atoms with Crippen molar-refractivity contribution >= 4 is 17.8 Å². The fourth-order valence-corrected chi connectivity index (χ4v) is 1.69. The number of nitrogens with one attached hydrogen (secondary N) is 1. The molecule has 6 nitrogen and oxygen atoms in total. The zero-order valence-corrected chi connectivity index (χ0v) is 11.3. The summed E-state index contributed by atoms with van der Waals surface area (Å²) in [5.41, 5.74) is -0.540. The van der Waals surface area contributed by atoms with E-state index in [1.165, 1.54) is 7.05 Å². The third-order valence-electron chi connectivity index (χ3n) is 2.56. The molecule has 2 amide bonds. The number of ether oxygens (including phenoxy) is 1. The second-order valence-corrected chi connectivity index (χ2v) is 5.35. The van der Waals surface area contributed by atoms with Gasteiger partial charge in [-0.05, 0) is 27.2 Å². The maximum absolute atomic E-state index is 11.7. The van der Waals surface area contributed by atoms with Gasteiger partial charge in [0.05, 0.1) is 12.6 Å². The fourth-order valence-electron chi connectivity index (χ4n) is 1.69. The second kappa shape index (κ2) is 5.48. The first-order valence-electron chi connectivity index (χ1n) is 5.96. The molecule has 1 heterocycles. The molecule has 1 atom stereocenters. The van der Waals surface area contributed by atoms with Crippen LogP contribution in [-0.4, -0.2) is 47.9 Å². The van der Waals surface area contributed by atoms with Crippen LogP contribution in [0, 0.1) is 0 Å². The van der Waals surface area contributed by atoms with Crippen LogP contribution in [0.5, 0.6) is 0 Å². The van der Waals surface area contributed by atoms with Gasteiger partial charge in [0.2, 0.25) is 11.8 Å². The number of rotatable bonds is 3. The van der Waals surface area contributed by atoms with Crippen molar-refractivity contribution in [2.24, 2.45) is 0 Å². The molecule has 1 rings (SSSR count). The zero-order valence-electron chi connectivity index (χ0n) is 11.3. The minimum absolute atomic E-state index is 0.0320. The van der Waals surface area contributed by atoms with E-state index in [2.05, 4.69) is 5.32 Å². The first-order chi connectivity index (χ1) is 8.20. The molecule has 1 saturated heterocycles. The van der Waals surface area contributed by atoms with Crippen LogP contribution in [0.1, 0.15) is 33.6 Å². The van der Waals surface area contributed by atoms with Gasteiger partial charge in [-0.25, -0.2) is 0 Å². The van der Waals surface area contributed by atoms with E-state index in [0.29, 0.717) is 12.8 Å². The van der Waals surface area contributed by atoms with Crippen molar-refractivity contribution in [1.82, 2.24) is 10.2 Å². The smallest absolute Gasteiger partial charge is 0.320 e. The van der Waals surface area contributed by atoms with Crippen LogP contribution >= 0.6 is 0 Å². The number of nitrogens with zero attached hydrogens (tertiary/aromatic N) is 1. The molecule has 0 aliphatic carbocycles. The molecule has 0 spiro atoms. The number of piperidine rings is 1. The average Bonchev–Trinajstić information content (AvgIpc) is 2.22. The van der Waals surface area contributed by atoms with Crippen molar-refractivity contribution in [2.45, 2.75) is 45.3 Å². The fraction of sp³-hybridized carbons (Fsp3) is 0.750. The molecule has 1 aliphatic rings. The lowest BCUT2D eigenvalue weighted by Gasteiger charge is -2.28. The topological polar surface area (TPSA) is 75.7 Å². The summed E-state index contributed by atoms with van der Waals surface area (Å²) in [4.78, 5) is 35.6. The molecule has 18 heavy (non-hydrogen) atoms. The molecule has 1 unspecified atom stereocenters. The Morgan fingerprint density at radius 2 is 2.06 bits per heavy atom. The number of likely N-dealkylation sites (tertiary alicyclic amines) is 1. The number of amides is 2. The Labute approximate surface area is 107 Å². The van der Waals surface area contributed by atoms with E-state index in [1.54, 1.807) is 20.8 Å². The molecule has 1 fully saturated rings. The molecule has 0 aromatic heterocycles. The van der Waals surface area contributed by atoms with Crippen molar-refractivity contribution in [2.75, 3.05) is 13.6 Å². The molecule has 6 heteroatoms. The maximum atomic E-state index is 11.7. The molecular weight excluding hydrogens is 236 g/mol. The molecule has 0 radical (unpaired) electrons. The van der Waals surface area contributed by atoms with E-state index in [0.717, 1.165) is 4.90 Å². The highest BCUT2D eigenvalue weighted by molar-refractivity contribution is 6.00. The average molecular weight is 256 g/mol. The third kappa shape index (κ3) is 4.10. The van der Waals surface area contributed by atoms with Gasteiger partial charge in [0.25, 0.3) is 0 Å². The van der Waals surface area contributed by atoms with Gasteiger partial charge in [0.1, 0.15) is 5.60 Å². The van der Waals surface area contributed by atoms with E-state index in [4.69, 9.17) is 4.74 Å². The molecule has 0 saturated carbocycles. The second-order valence-electron chi connectivity index (χ2n) is 5.35.